The Morgan fingerprint density at radius 3 is 1.74 bits per heavy atom. The Morgan fingerprint density at radius 1 is 0.667 bits per heavy atom. The van der Waals surface area contributed by atoms with E-state index in [0.29, 0.717) is 39.4 Å². The van der Waals surface area contributed by atoms with Crippen LogP contribution in [0.15, 0.2) is 107 Å². The summed E-state index contributed by atoms with van der Waals surface area (Å²) < 4.78 is 53.4. The molecule has 0 unspecified atom stereocenters. The molecule has 2 aromatic carbocycles. The van der Waals surface area contributed by atoms with E-state index in [9.17, 15) is 19.8 Å². The van der Waals surface area contributed by atoms with Crippen LogP contribution < -0.4 is 20.1 Å². The smallest absolute Gasteiger partial charge is 0.425 e. The van der Waals surface area contributed by atoms with Crippen LogP contribution in [0.4, 0.5) is 21.2 Å². The number of aliphatic hydroxyl groups is 2. The molecular formula is C54H60Br2N10O12. The number of fused-ring (bicyclic) bond motifs is 5. The molecule has 0 spiro atoms. The summed E-state index contributed by atoms with van der Waals surface area (Å²) in [5.74, 6) is 0.708. The van der Waals surface area contributed by atoms with Crippen molar-refractivity contribution in [1.82, 2.24) is 39.0 Å². The fraction of sp³-hybridized carbons (Fsp3) is 0.407. The molecule has 24 heteroatoms. The van der Waals surface area contributed by atoms with E-state index >= 15 is 0 Å². The Kier molecular flexibility index (Phi) is 15.7. The molecule has 22 nitrogen and oxygen atoms in total. The molecule has 11 rings (SSSR count). The molecule has 3 aliphatic heterocycles. The van der Waals surface area contributed by atoms with E-state index in [-0.39, 0.29) is 26.5 Å². The third-order valence-corrected chi connectivity index (χ3v) is 13.3. The van der Waals surface area contributed by atoms with Gasteiger partial charge in [0.15, 0.2) is 24.1 Å². The minimum Gasteiger partial charge on any atom is -0.491 e. The van der Waals surface area contributed by atoms with Gasteiger partial charge in [-0.15, -0.1) is 0 Å². The number of halogens is 2. The molecule has 3 aliphatic rings. The molecule has 0 radical (unpaired) electrons. The van der Waals surface area contributed by atoms with Crippen LogP contribution in [0.1, 0.15) is 75.3 Å². The molecule has 4 N–H and O–H groups in total. The average Bonchev–Trinajstić information content (AvgIpc) is 4.34. The number of rotatable bonds is 9. The molecule has 8 aromatic rings. The van der Waals surface area contributed by atoms with Gasteiger partial charge in [-0.25, -0.2) is 29.5 Å². The van der Waals surface area contributed by atoms with Crippen molar-refractivity contribution in [3.05, 3.63) is 107 Å². The third kappa shape index (κ3) is 11.9. The third-order valence-electron chi connectivity index (χ3n) is 12.5. The summed E-state index contributed by atoms with van der Waals surface area (Å²) in [6.45, 7) is 14.2. The number of amides is 2. The number of nitrogen functional groups attached to an aromatic ring is 1. The maximum absolute atomic E-state index is 13.4. The van der Waals surface area contributed by atoms with Crippen molar-refractivity contribution in [2.24, 2.45) is 0 Å². The van der Waals surface area contributed by atoms with E-state index in [1.807, 2.05) is 62.4 Å². The van der Waals surface area contributed by atoms with Crippen molar-refractivity contribution in [1.29, 1.82) is 0 Å². The van der Waals surface area contributed by atoms with Crippen molar-refractivity contribution in [3.8, 4) is 11.5 Å². The van der Waals surface area contributed by atoms with Gasteiger partial charge >= 0.3 is 12.2 Å². The Balaban J connectivity index is 0.000000205. The lowest BCUT2D eigenvalue weighted by Gasteiger charge is -2.28. The quantitative estimate of drug-likeness (QED) is 0.121. The van der Waals surface area contributed by atoms with Gasteiger partial charge in [-0.05, 0) is 136 Å². The van der Waals surface area contributed by atoms with Crippen LogP contribution in [0.5, 0.6) is 11.5 Å². The lowest BCUT2D eigenvalue weighted by molar-refractivity contribution is -0.198. The molecule has 78 heavy (non-hydrogen) atoms. The van der Waals surface area contributed by atoms with E-state index in [1.165, 1.54) is 12.7 Å². The number of nitrogens with two attached hydrogens (primary N) is 1. The van der Waals surface area contributed by atoms with Gasteiger partial charge in [-0.1, -0.05) is 7.43 Å². The number of benzene rings is 2. The topological polar surface area (TPSA) is 265 Å². The zero-order valence-electron chi connectivity index (χ0n) is 43.1. The number of hydrogen-bond acceptors (Lipinski definition) is 19. The lowest BCUT2D eigenvalue weighted by atomic mass is 10.1. The lowest BCUT2D eigenvalue weighted by Crippen LogP contribution is -2.44. The van der Waals surface area contributed by atoms with Crippen LogP contribution in [0.3, 0.4) is 0 Å². The normalized spacial score (nSPS) is 22.7. The van der Waals surface area contributed by atoms with Gasteiger partial charge in [0.25, 0.3) is 0 Å². The number of imide groups is 1. The van der Waals surface area contributed by atoms with Crippen molar-refractivity contribution < 1.29 is 57.7 Å². The monoisotopic (exact) mass is 1200 g/mol. The molecule has 3 saturated heterocycles. The minimum absolute atomic E-state index is 0. The number of carbonyl (C=O) groups excluding carboxylic acids is 2. The maximum atomic E-state index is 13.4. The van der Waals surface area contributed by atoms with Crippen LogP contribution in [0.25, 0.3) is 43.9 Å². The molecule has 6 aromatic heterocycles. The molecule has 412 valence electrons. The highest BCUT2D eigenvalue weighted by Gasteiger charge is 2.56. The summed E-state index contributed by atoms with van der Waals surface area (Å²) in [7, 11) is 0. The standard InChI is InChI=1S/C33H38BrN5O8.C20H18BrN5O4.CH4/c1-31(2,3)46-29(40)39(30(41)47-32(4,5)6)27-21-11-12-38(26(21)36-17-37-27)28-25-24(44-33(7,8)45-25)23(43-28)16-42-20-10-9-18-13-19(34)15-35-22(18)14-20;21-11-5-10-1-2-12(6-14(10)23-7-11)29-8-15-16(27)17(28)20(30-15)26-4-3-13-18(22)24-9-25-19(13)26;/h9-15,17,23-25,28H,16H2,1-8H3;1-7,9,15-17,20,27-28H,8H2,(H2,22,24,25);1H4/t23-,24-,25-,28-;15-,16-,17-,20-;/m11./s1. The van der Waals surface area contributed by atoms with E-state index in [2.05, 4.69) is 61.8 Å². The van der Waals surface area contributed by atoms with E-state index < -0.39 is 78.3 Å². The van der Waals surface area contributed by atoms with Crippen LogP contribution in [-0.2, 0) is 28.4 Å². The zero-order chi connectivity index (χ0) is 54.7. The summed E-state index contributed by atoms with van der Waals surface area (Å²) >= 11 is 6.85. The first kappa shape index (κ1) is 56.1. The largest absolute Gasteiger partial charge is 0.491 e. The number of nitrogens with zero attached hydrogens (tertiary/aromatic N) is 9. The fourth-order valence-corrected chi connectivity index (χ4v) is 9.90. The first-order valence-electron chi connectivity index (χ1n) is 24.5. The Morgan fingerprint density at radius 2 is 1.17 bits per heavy atom. The number of hydrogen-bond donors (Lipinski definition) is 3. The number of anilines is 2. The molecule has 0 bridgehead atoms. The van der Waals surface area contributed by atoms with Crippen molar-refractivity contribution in [2.75, 3.05) is 23.8 Å². The highest BCUT2D eigenvalue weighted by atomic mass is 79.9. The zero-order valence-corrected chi connectivity index (χ0v) is 46.3. The van der Waals surface area contributed by atoms with Crippen molar-refractivity contribution in [3.63, 3.8) is 0 Å². The Labute approximate surface area is 465 Å². The van der Waals surface area contributed by atoms with Crippen molar-refractivity contribution >= 4 is 99.6 Å². The summed E-state index contributed by atoms with van der Waals surface area (Å²) in [6.07, 6.45) is 1.68. The Hall–Kier alpha value is -6.64. The van der Waals surface area contributed by atoms with Gasteiger partial charge in [-0.3, -0.25) is 9.97 Å². The second-order valence-corrected chi connectivity index (χ2v) is 22.8. The van der Waals surface area contributed by atoms with Crippen molar-refractivity contribution in [2.45, 2.75) is 129 Å². The number of aliphatic hydroxyl groups excluding tert-OH is 2. The van der Waals surface area contributed by atoms with E-state index in [1.54, 1.807) is 87.6 Å². The number of pyridine rings is 2. The van der Waals surface area contributed by atoms with Gasteiger partial charge in [0.05, 0.1) is 21.8 Å². The molecule has 9 heterocycles. The van der Waals surface area contributed by atoms with Gasteiger partial charge < -0.3 is 63.0 Å². The molecule has 8 atom stereocenters. The second kappa shape index (κ2) is 21.9. The van der Waals surface area contributed by atoms with E-state index in [4.69, 9.17) is 43.6 Å². The number of ether oxygens (including phenoxy) is 8. The molecule has 0 aliphatic carbocycles. The Bertz CT molecular complexity index is 3480. The van der Waals surface area contributed by atoms with E-state index in [0.717, 1.165) is 35.7 Å². The molecular weight excluding hydrogens is 1140 g/mol. The SMILES string of the molecule is C.CC(C)(C)OC(=O)N(C(=O)OC(C)(C)C)c1ncnc2c1ccn2[C@@H]1O[C@H](COc2ccc3cc(Br)cnc3c2)[C@H]2OC(C)(C)O[C@H]21.Nc1ncnc2c1ccn2[C@@H]1O[C@H](COc2ccc3cc(Br)cnc3c2)[C@@H](O)[C@H]1O. The van der Waals surface area contributed by atoms with Gasteiger partial charge in [0.1, 0.15) is 102 Å². The minimum atomic E-state index is -1.15. The highest BCUT2D eigenvalue weighted by Crippen LogP contribution is 2.45. The molecule has 0 saturated carbocycles. The van der Waals surface area contributed by atoms with Crippen LogP contribution in [0, 0.1) is 0 Å². The fourth-order valence-electron chi connectivity index (χ4n) is 9.20. The summed E-state index contributed by atoms with van der Waals surface area (Å²) in [5, 5.41) is 24.1. The summed E-state index contributed by atoms with van der Waals surface area (Å²) in [6, 6.07) is 18.7. The van der Waals surface area contributed by atoms with Crippen LogP contribution in [0.2, 0.25) is 0 Å². The predicted octanol–water partition coefficient (Wildman–Crippen LogP) is 9.57. The number of aromatic nitrogens is 8. The maximum Gasteiger partial charge on any atom is 0.425 e. The van der Waals surface area contributed by atoms with Crippen LogP contribution in [-0.4, -0.2) is 128 Å². The van der Waals surface area contributed by atoms with Crippen LogP contribution >= 0.6 is 31.9 Å². The first-order chi connectivity index (χ1) is 36.5. The number of carbonyl (C=O) groups is 2. The molecule has 2 amide bonds. The summed E-state index contributed by atoms with van der Waals surface area (Å²) in [5.41, 5.74) is 6.62. The predicted molar refractivity (Wildman–Crippen MR) is 295 cm³/mol. The van der Waals surface area contributed by atoms with Gasteiger partial charge in [0.2, 0.25) is 0 Å². The van der Waals surface area contributed by atoms with Gasteiger partial charge in [-0.2, -0.15) is 4.90 Å². The summed E-state index contributed by atoms with van der Waals surface area (Å²) in [4.78, 5) is 53.4. The second-order valence-electron chi connectivity index (χ2n) is 21.0. The molecule has 3 fully saturated rings. The van der Waals surface area contributed by atoms with Gasteiger partial charge in [0, 0.05) is 56.6 Å². The highest BCUT2D eigenvalue weighted by molar-refractivity contribution is 9.10. The average molecular weight is 1200 g/mol. The first-order valence-corrected chi connectivity index (χ1v) is 26.1.